The van der Waals surface area contributed by atoms with Crippen LogP contribution in [0.2, 0.25) is 0 Å². The van der Waals surface area contributed by atoms with Gasteiger partial charge in [0.05, 0.1) is 6.10 Å². The Morgan fingerprint density at radius 3 is 2.45 bits per heavy atom. The van der Waals surface area contributed by atoms with Crippen LogP contribution in [0.25, 0.3) is 0 Å². The molecule has 1 fully saturated rings. The fourth-order valence-electron chi connectivity index (χ4n) is 2.86. The number of hydrogen-bond donors (Lipinski definition) is 3. The molecule has 0 bridgehead atoms. The van der Waals surface area contributed by atoms with Crippen LogP contribution in [0.3, 0.4) is 0 Å². The molecule has 0 aliphatic carbocycles. The quantitative estimate of drug-likeness (QED) is 0.460. The summed E-state index contributed by atoms with van der Waals surface area (Å²) in [6.07, 6.45) is 1.52. The second-order valence-electron chi connectivity index (χ2n) is 6.66. The Balaban J connectivity index is 0.00000420. The van der Waals surface area contributed by atoms with Crippen molar-refractivity contribution in [1.29, 1.82) is 0 Å². The molecule has 1 saturated heterocycles. The lowest BCUT2D eigenvalue weighted by Gasteiger charge is -2.22. The van der Waals surface area contributed by atoms with Crippen LogP contribution in [0.1, 0.15) is 43.0 Å². The predicted octanol–water partition coefficient (Wildman–Crippen LogP) is 1.81. The zero-order chi connectivity index (χ0) is 20.4. The van der Waals surface area contributed by atoms with Crippen molar-refractivity contribution in [2.24, 2.45) is 0 Å². The van der Waals surface area contributed by atoms with Crippen molar-refractivity contribution >= 4 is 30.1 Å². The monoisotopic (exact) mass is 428 g/mol. The third-order valence-electron chi connectivity index (χ3n) is 4.51. The molecule has 1 unspecified atom stereocenters. The van der Waals surface area contributed by atoms with Crippen LogP contribution < -0.4 is 15.4 Å². The summed E-state index contributed by atoms with van der Waals surface area (Å²) in [5, 5.41) is 14.9. The number of Topliss-reactive ketones (excluding diaryl/α,β-unsaturated/α-hetero) is 1. The molecule has 1 aliphatic rings. The number of carboxylic acid groups (broad SMARTS) is 1. The Kier molecular flexibility index (Phi) is 11.3. The lowest BCUT2D eigenvalue weighted by Crippen LogP contribution is -2.36. The van der Waals surface area contributed by atoms with Crippen LogP contribution in [0, 0.1) is 0 Å². The minimum atomic E-state index is -1.03. The number of ether oxygens (including phenoxy) is 2. The molecule has 162 valence electrons. The van der Waals surface area contributed by atoms with Crippen molar-refractivity contribution < 1.29 is 29.0 Å². The first-order chi connectivity index (χ1) is 13.5. The summed E-state index contributed by atoms with van der Waals surface area (Å²) in [5.41, 5.74) is 0.482. The first-order valence-corrected chi connectivity index (χ1v) is 9.61. The molecular formula is C20H29ClN2O6. The molecule has 1 atom stereocenters. The van der Waals surface area contributed by atoms with Crippen LogP contribution in [-0.2, 0) is 14.3 Å². The van der Waals surface area contributed by atoms with Gasteiger partial charge in [0.15, 0.2) is 11.9 Å². The van der Waals surface area contributed by atoms with E-state index in [9.17, 15) is 14.4 Å². The van der Waals surface area contributed by atoms with E-state index in [0.717, 1.165) is 25.9 Å². The number of carbonyl (C=O) groups excluding carboxylic acids is 2. The van der Waals surface area contributed by atoms with E-state index in [4.69, 9.17) is 14.6 Å². The van der Waals surface area contributed by atoms with Gasteiger partial charge in [0.2, 0.25) is 5.91 Å². The number of halogens is 1. The van der Waals surface area contributed by atoms with Gasteiger partial charge in [-0.2, -0.15) is 0 Å². The molecule has 0 radical (unpaired) electrons. The molecule has 0 aromatic heterocycles. The third kappa shape index (κ3) is 8.81. The van der Waals surface area contributed by atoms with Gasteiger partial charge in [-0.25, -0.2) is 4.79 Å². The standard InChI is InChI=1S/C20H28N2O6.ClH/c1-2-18(20(25)26)28-16-5-3-14(4-6-16)17(23)9-12-22-19(24)13-27-15-7-10-21-11-8-15;/h3-6,15,18,21H,2,7-13H2,1H3,(H,22,24)(H,25,26);1H. The maximum Gasteiger partial charge on any atom is 0.344 e. The van der Waals surface area contributed by atoms with Crippen molar-refractivity contribution in [1.82, 2.24) is 10.6 Å². The minimum absolute atomic E-state index is 0. The number of aliphatic carboxylic acids is 1. The predicted molar refractivity (Wildman–Crippen MR) is 110 cm³/mol. The van der Waals surface area contributed by atoms with Gasteiger partial charge >= 0.3 is 5.97 Å². The maximum absolute atomic E-state index is 12.2. The van der Waals surface area contributed by atoms with Crippen molar-refractivity contribution in [2.45, 2.75) is 44.8 Å². The normalized spacial score (nSPS) is 15.1. The highest BCUT2D eigenvalue weighted by atomic mass is 35.5. The van der Waals surface area contributed by atoms with E-state index in [2.05, 4.69) is 10.6 Å². The van der Waals surface area contributed by atoms with Crippen molar-refractivity contribution in [3.63, 3.8) is 0 Å². The Morgan fingerprint density at radius 2 is 1.86 bits per heavy atom. The number of benzene rings is 1. The van der Waals surface area contributed by atoms with E-state index in [-0.39, 0.29) is 49.8 Å². The minimum Gasteiger partial charge on any atom is -0.479 e. The highest BCUT2D eigenvalue weighted by Gasteiger charge is 2.17. The van der Waals surface area contributed by atoms with Crippen LogP contribution in [0.4, 0.5) is 0 Å². The van der Waals surface area contributed by atoms with Gasteiger partial charge in [0, 0.05) is 18.5 Å². The average Bonchev–Trinajstić information content (AvgIpc) is 2.71. The van der Waals surface area contributed by atoms with E-state index in [0.29, 0.717) is 17.7 Å². The molecule has 0 saturated carbocycles. The number of piperidine rings is 1. The van der Waals surface area contributed by atoms with E-state index >= 15 is 0 Å². The van der Waals surface area contributed by atoms with Crippen LogP contribution in [-0.4, -0.2) is 61.2 Å². The number of amides is 1. The zero-order valence-corrected chi connectivity index (χ0v) is 17.3. The Morgan fingerprint density at radius 1 is 1.21 bits per heavy atom. The number of rotatable bonds is 11. The highest BCUT2D eigenvalue weighted by Crippen LogP contribution is 2.16. The van der Waals surface area contributed by atoms with Crippen molar-refractivity contribution in [3.8, 4) is 5.75 Å². The number of ketones is 1. The molecule has 2 rings (SSSR count). The number of carboxylic acids is 1. The van der Waals surface area contributed by atoms with Gasteiger partial charge in [-0.05, 0) is 56.6 Å². The van der Waals surface area contributed by atoms with Crippen LogP contribution >= 0.6 is 12.4 Å². The molecule has 1 heterocycles. The lowest BCUT2D eigenvalue weighted by molar-refractivity contribution is -0.145. The molecule has 9 heteroatoms. The average molecular weight is 429 g/mol. The van der Waals surface area contributed by atoms with E-state index in [1.165, 1.54) is 0 Å². The molecule has 8 nitrogen and oxygen atoms in total. The molecule has 1 amide bonds. The second kappa shape index (κ2) is 13.1. The van der Waals surface area contributed by atoms with Gasteiger partial charge in [-0.3, -0.25) is 9.59 Å². The first-order valence-electron chi connectivity index (χ1n) is 9.61. The Labute approximate surface area is 176 Å². The van der Waals surface area contributed by atoms with Crippen molar-refractivity contribution in [3.05, 3.63) is 29.8 Å². The van der Waals surface area contributed by atoms with Crippen LogP contribution in [0.5, 0.6) is 5.75 Å². The van der Waals surface area contributed by atoms with Gasteiger partial charge in [-0.1, -0.05) is 6.92 Å². The summed E-state index contributed by atoms with van der Waals surface area (Å²) in [6, 6.07) is 6.33. The fourth-order valence-corrected chi connectivity index (χ4v) is 2.86. The summed E-state index contributed by atoms with van der Waals surface area (Å²) in [7, 11) is 0. The first kappa shape index (κ1) is 24.9. The lowest BCUT2D eigenvalue weighted by atomic mass is 10.1. The SMILES string of the molecule is CCC(Oc1ccc(C(=O)CCNC(=O)COC2CCNCC2)cc1)C(=O)O.Cl. The summed E-state index contributed by atoms with van der Waals surface area (Å²) >= 11 is 0. The second-order valence-corrected chi connectivity index (χ2v) is 6.66. The number of nitrogens with one attached hydrogen (secondary N) is 2. The Hall–Kier alpha value is -2.16. The topological polar surface area (TPSA) is 114 Å². The Bertz CT molecular complexity index is 661. The molecule has 0 spiro atoms. The highest BCUT2D eigenvalue weighted by molar-refractivity contribution is 5.96. The smallest absolute Gasteiger partial charge is 0.344 e. The van der Waals surface area contributed by atoms with E-state index in [1.807, 2.05) is 0 Å². The molecule has 1 aromatic carbocycles. The van der Waals surface area contributed by atoms with Gasteiger partial charge < -0.3 is 25.2 Å². The fraction of sp³-hybridized carbons (Fsp3) is 0.550. The largest absolute Gasteiger partial charge is 0.479 e. The van der Waals surface area contributed by atoms with Gasteiger partial charge in [0.25, 0.3) is 0 Å². The molecule has 3 N–H and O–H groups in total. The number of carbonyl (C=O) groups is 3. The van der Waals surface area contributed by atoms with Gasteiger partial charge in [-0.15, -0.1) is 12.4 Å². The summed E-state index contributed by atoms with van der Waals surface area (Å²) in [4.78, 5) is 35.0. The van der Waals surface area contributed by atoms with E-state index in [1.54, 1.807) is 31.2 Å². The molecular weight excluding hydrogens is 400 g/mol. The van der Waals surface area contributed by atoms with Gasteiger partial charge in [0.1, 0.15) is 12.4 Å². The van der Waals surface area contributed by atoms with Crippen LogP contribution in [0.15, 0.2) is 24.3 Å². The molecule has 29 heavy (non-hydrogen) atoms. The zero-order valence-electron chi connectivity index (χ0n) is 16.5. The maximum atomic E-state index is 12.2. The third-order valence-corrected chi connectivity index (χ3v) is 4.51. The number of hydrogen-bond acceptors (Lipinski definition) is 6. The summed E-state index contributed by atoms with van der Waals surface area (Å²) in [6.45, 7) is 3.78. The van der Waals surface area contributed by atoms with E-state index < -0.39 is 12.1 Å². The summed E-state index contributed by atoms with van der Waals surface area (Å²) in [5.74, 6) is -0.970. The van der Waals surface area contributed by atoms with Crippen molar-refractivity contribution in [2.75, 3.05) is 26.2 Å². The molecule has 1 aromatic rings. The summed E-state index contributed by atoms with van der Waals surface area (Å²) < 4.78 is 10.9. The molecule has 1 aliphatic heterocycles.